The van der Waals surface area contributed by atoms with Gasteiger partial charge in [-0.2, -0.15) is 0 Å². The highest BCUT2D eigenvalue weighted by Gasteiger charge is 2.30. The molecule has 2 heterocycles. The molecule has 1 N–H and O–H groups in total. The van der Waals surface area contributed by atoms with Crippen LogP contribution in [0.2, 0.25) is 0 Å². The summed E-state index contributed by atoms with van der Waals surface area (Å²) in [5.41, 5.74) is 2.42. The zero-order valence-corrected chi connectivity index (χ0v) is 12.0. The van der Waals surface area contributed by atoms with E-state index in [0.29, 0.717) is 6.04 Å². The molecule has 0 saturated carbocycles. The van der Waals surface area contributed by atoms with Gasteiger partial charge in [0.05, 0.1) is 0 Å². The van der Waals surface area contributed by atoms with Gasteiger partial charge in [-0.05, 0) is 37.3 Å². The van der Waals surface area contributed by atoms with Crippen LogP contribution < -0.4 is 5.32 Å². The number of nitrogens with zero attached hydrogens (tertiary/aromatic N) is 1. The fourth-order valence-electron chi connectivity index (χ4n) is 3.12. The van der Waals surface area contributed by atoms with E-state index in [4.69, 9.17) is 4.74 Å². The Labute approximate surface area is 120 Å². The zero-order valence-electron chi connectivity index (χ0n) is 12.0. The van der Waals surface area contributed by atoms with E-state index in [1.807, 2.05) is 18.0 Å². The lowest BCUT2D eigenvalue weighted by Crippen LogP contribution is -2.48. The summed E-state index contributed by atoms with van der Waals surface area (Å²) < 4.78 is 5.37. The highest BCUT2D eigenvalue weighted by Crippen LogP contribution is 2.25. The van der Waals surface area contributed by atoms with Crippen molar-refractivity contribution in [3.05, 3.63) is 29.8 Å². The van der Waals surface area contributed by atoms with Crippen LogP contribution in [0.25, 0.3) is 0 Å². The number of carbonyl (C=O) groups excluding carboxylic acids is 1. The lowest BCUT2D eigenvalue weighted by atomic mass is 9.96. The van der Waals surface area contributed by atoms with Crippen LogP contribution in [-0.2, 0) is 16.0 Å². The summed E-state index contributed by atoms with van der Waals surface area (Å²) in [5, 5.41) is 3.39. The summed E-state index contributed by atoms with van der Waals surface area (Å²) in [5.74, 6) is 0.214. The van der Waals surface area contributed by atoms with Crippen molar-refractivity contribution >= 4 is 11.6 Å². The van der Waals surface area contributed by atoms with Gasteiger partial charge in [0.2, 0.25) is 5.91 Å². The molecule has 108 valence electrons. The van der Waals surface area contributed by atoms with Gasteiger partial charge < -0.3 is 15.0 Å². The fourth-order valence-corrected chi connectivity index (χ4v) is 3.12. The third-order valence-electron chi connectivity index (χ3n) is 4.43. The standard InChI is InChI=1S/C16H22N2O2/c1-18(13-8-10-20-11-9-13)16(19)15-7-6-12-4-2-3-5-14(12)17-15/h2-5,13,15,17H,6-11H2,1H3. The molecule has 2 aliphatic rings. The van der Waals surface area contributed by atoms with Gasteiger partial charge in [-0.1, -0.05) is 18.2 Å². The quantitative estimate of drug-likeness (QED) is 0.897. The Morgan fingerprint density at radius 2 is 2.00 bits per heavy atom. The number of fused-ring (bicyclic) bond motifs is 1. The lowest BCUT2D eigenvalue weighted by Gasteiger charge is -2.35. The first-order valence-corrected chi connectivity index (χ1v) is 7.44. The van der Waals surface area contributed by atoms with Crippen molar-refractivity contribution < 1.29 is 9.53 Å². The maximum Gasteiger partial charge on any atom is 0.245 e. The Morgan fingerprint density at radius 3 is 2.80 bits per heavy atom. The van der Waals surface area contributed by atoms with Gasteiger partial charge in [0.15, 0.2) is 0 Å². The molecule has 0 aromatic heterocycles. The van der Waals surface area contributed by atoms with E-state index < -0.39 is 0 Å². The van der Waals surface area contributed by atoms with Gasteiger partial charge in [-0.25, -0.2) is 0 Å². The van der Waals surface area contributed by atoms with E-state index in [-0.39, 0.29) is 11.9 Å². The summed E-state index contributed by atoms with van der Waals surface area (Å²) in [4.78, 5) is 14.6. The number of likely N-dealkylation sites (N-methyl/N-ethyl adjacent to an activating group) is 1. The third-order valence-corrected chi connectivity index (χ3v) is 4.43. The van der Waals surface area contributed by atoms with Crippen LogP contribution in [0.3, 0.4) is 0 Å². The van der Waals surface area contributed by atoms with Crippen LogP contribution in [0.5, 0.6) is 0 Å². The summed E-state index contributed by atoms with van der Waals surface area (Å²) in [6.07, 6.45) is 3.75. The van der Waals surface area contributed by atoms with E-state index in [9.17, 15) is 4.79 Å². The van der Waals surface area contributed by atoms with Crippen molar-refractivity contribution in [2.75, 3.05) is 25.6 Å². The number of nitrogens with one attached hydrogen (secondary N) is 1. The average molecular weight is 274 g/mol. The van der Waals surface area contributed by atoms with E-state index >= 15 is 0 Å². The van der Waals surface area contributed by atoms with Crippen LogP contribution in [0.4, 0.5) is 5.69 Å². The minimum atomic E-state index is -0.0854. The van der Waals surface area contributed by atoms with E-state index in [0.717, 1.165) is 44.6 Å². The summed E-state index contributed by atoms with van der Waals surface area (Å²) in [6.45, 7) is 1.53. The average Bonchev–Trinajstić information content (AvgIpc) is 2.54. The maximum atomic E-state index is 12.6. The van der Waals surface area contributed by atoms with Crippen LogP contribution >= 0.6 is 0 Å². The molecule has 1 fully saturated rings. The topological polar surface area (TPSA) is 41.6 Å². The molecule has 0 bridgehead atoms. The van der Waals surface area contributed by atoms with Crippen molar-refractivity contribution in [2.24, 2.45) is 0 Å². The zero-order chi connectivity index (χ0) is 13.9. The van der Waals surface area contributed by atoms with Crippen LogP contribution in [0.15, 0.2) is 24.3 Å². The van der Waals surface area contributed by atoms with Gasteiger partial charge in [-0.15, -0.1) is 0 Å². The number of para-hydroxylation sites is 1. The van der Waals surface area contributed by atoms with Gasteiger partial charge in [-0.3, -0.25) is 4.79 Å². The number of anilines is 1. The lowest BCUT2D eigenvalue weighted by molar-refractivity contribution is -0.134. The predicted octanol–water partition coefficient (Wildman–Crippen LogP) is 2.05. The molecule has 3 rings (SSSR count). The molecule has 1 saturated heterocycles. The van der Waals surface area contributed by atoms with E-state index in [1.54, 1.807) is 0 Å². The molecule has 2 aliphatic heterocycles. The third kappa shape index (κ3) is 2.66. The van der Waals surface area contributed by atoms with Crippen LogP contribution in [-0.4, -0.2) is 43.2 Å². The number of benzene rings is 1. The molecule has 20 heavy (non-hydrogen) atoms. The summed E-state index contributed by atoms with van der Waals surface area (Å²) >= 11 is 0. The maximum absolute atomic E-state index is 12.6. The van der Waals surface area contributed by atoms with Crippen molar-refractivity contribution in [3.8, 4) is 0 Å². The van der Waals surface area contributed by atoms with Gasteiger partial charge >= 0.3 is 0 Å². The van der Waals surface area contributed by atoms with Crippen molar-refractivity contribution in [2.45, 2.75) is 37.8 Å². The number of hydrogen-bond acceptors (Lipinski definition) is 3. The Kier molecular flexibility index (Phi) is 3.92. The first-order valence-electron chi connectivity index (χ1n) is 7.44. The molecular weight excluding hydrogens is 252 g/mol. The summed E-state index contributed by atoms with van der Waals surface area (Å²) in [6, 6.07) is 8.50. The second-order valence-electron chi connectivity index (χ2n) is 5.69. The minimum Gasteiger partial charge on any atom is -0.381 e. The van der Waals surface area contributed by atoms with Crippen LogP contribution in [0, 0.1) is 0 Å². The molecule has 1 amide bonds. The van der Waals surface area contributed by atoms with Crippen molar-refractivity contribution in [1.29, 1.82) is 0 Å². The normalized spacial score (nSPS) is 22.8. The van der Waals surface area contributed by atoms with E-state index in [2.05, 4.69) is 23.5 Å². The number of rotatable bonds is 2. The number of carbonyl (C=O) groups is 1. The molecule has 0 aliphatic carbocycles. The second-order valence-corrected chi connectivity index (χ2v) is 5.69. The minimum absolute atomic E-state index is 0.0854. The molecule has 1 unspecified atom stereocenters. The Hall–Kier alpha value is -1.55. The first-order chi connectivity index (χ1) is 9.75. The number of amides is 1. The number of ether oxygens (including phenoxy) is 1. The highest BCUT2D eigenvalue weighted by molar-refractivity contribution is 5.85. The Bertz CT molecular complexity index is 483. The van der Waals surface area contributed by atoms with Crippen molar-refractivity contribution in [3.63, 3.8) is 0 Å². The van der Waals surface area contributed by atoms with E-state index in [1.165, 1.54) is 5.56 Å². The number of hydrogen-bond donors (Lipinski definition) is 1. The molecule has 4 heteroatoms. The highest BCUT2D eigenvalue weighted by atomic mass is 16.5. The van der Waals surface area contributed by atoms with Crippen LogP contribution in [0.1, 0.15) is 24.8 Å². The number of aryl methyl sites for hydroxylation is 1. The van der Waals surface area contributed by atoms with Gasteiger partial charge in [0.25, 0.3) is 0 Å². The predicted molar refractivity (Wildman–Crippen MR) is 78.8 cm³/mol. The van der Waals surface area contributed by atoms with Crippen molar-refractivity contribution in [1.82, 2.24) is 4.90 Å². The molecular formula is C16H22N2O2. The molecule has 4 nitrogen and oxygen atoms in total. The Morgan fingerprint density at radius 1 is 1.25 bits per heavy atom. The monoisotopic (exact) mass is 274 g/mol. The first kappa shape index (κ1) is 13.4. The SMILES string of the molecule is CN(C(=O)C1CCc2ccccc2N1)C1CCOCC1. The second kappa shape index (κ2) is 5.83. The molecule has 1 atom stereocenters. The molecule has 1 aromatic carbocycles. The molecule has 1 aromatic rings. The van der Waals surface area contributed by atoms with Gasteiger partial charge in [0, 0.05) is 32.0 Å². The molecule has 0 spiro atoms. The molecule has 0 radical (unpaired) electrons. The smallest absolute Gasteiger partial charge is 0.245 e. The summed E-state index contributed by atoms with van der Waals surface area (Å²) in [7, 11) is 1.93. The largest absolute Gasteiger partial charge is 0.381 e. The fraction of sp³-hybridized carbons (Fsp3) is 0.562. The Balaban J connectivity index is 1.66. The van der Waals surface area contributed by atoms with Gasteiger partial charge in [0.1, 0.15) is 6.04 Å².